The number of benzene rings is 1. The van der Waals surface area contributed by atoms with Gasteiger partial charge in [0.05, 0.1) is 31.3 Å². The smallest absolute Gasteiger partial charge is 0.353 e. The molecule has 0 bridgehead atoms. The summed E-state index contributed by atoms with van der Waals surface area (Å²) in [5, 5.41) is 6.71. The van der Waals surface area contributed by atoms with Crippen molar-refractivity contribution in [1.82, 2.24) is 15.3 Å². The molecular weight excluding hydrogens is 348 g/mol. The number of methoxy groups -OCH3 is 1. The Morgan fingerprint density at radius 1 is 1.22 bits per heavy atom. The van der Waals surface area contributed by atoms with Gasteiger partial charge in [0.2, 0.25) is 5.60 Å². The average Bonchev–Trinajstić information content (AvgIpc) is 3.11. The highest BCUT2D eigenvalue weighted by atomic mass is 16.7. The molecule has 0 saturated carbocycles. The monoisotopic (exact) mass is 368 g/mol. The minimum Gasteiger partial charge on any atom is -0.466 e. The second-order valence-electron chi connectivity index (χ2n) is 6.30. The van der Waals surface area contributed by atoms with Crippen molar-refractivity contribution < 1.29 is 19.2 Å². The summed E-state index contributed by atoms with van der Waals surface area (Å²) in [7, 11) is 1.31. The first kappa shape index (κ1) is 18.5. The van der Waals surface area contributed by atoms with Crippen LogP contribution in [0.15, 0.2) is 47.9 Å². The van der Waals surface area contributed by atoms with Crippen molar-refractivity contribution in [3.63, 3.8) is 0 Å². The first-order chi connectivity index (χ1) is 13.0. The lowest BCUT2D eigenvalue weighted by Gasteiger charge is -2.23. The molecular formula is C19H20N4O4. The number of nitrogens with one attached hydrogen (secondary N) is 1. The van der Waals surface area contributed by atoms with Crippen LogP contribution in [0.1, 0.15) is 28.2 Å². The third kappa shape index (κ3) is 4.28. The fourth-order valence-electron chi connectivity index (χ4n) is 2.81. The lowest BCUT2D eigenvalue weighted by Crippen LogP contribution is -2.43. The summed E-state index contributed by atoms with van der Waals surface area (Å²) in [6, 6.07) is 9.49. The summed E-state index contributed by atoms with van der Waals surface area (Å²) < 4.78 is 4.92. The Balaban J connectivity index is 1.64. The van der Waals surface area contributed by atoms with Crippen LogP contribution < -0.4 is 5.32 Å². The molecule has 2 aromatic rings. The van der Waals surface area contributed by atoms with Gasteiger partial charge in [-0.3, -0.25) is 9.78 Å². The standard InChI is InChI=1S/C19H20N4O4/c1-13-10-21-16(12-20-13)17(24)22-11-15-9-19(27-23-15,18(25)26-2)8-14-6-4-3-5-7-14/h3-7,10,12H,8-9,11H2,1-2H3,(H,22,24). The zero-order valence-corrected chi connectivity index (χ0v) is 15.1. The highest BCUT2D eigenvalue weighted by molar-refractivity contribution is 5.99. The summed E-state index contributed by atoms with van der Waals surface area (Å²) in [4.78, 5) is 38.1. The van der Waals surface area contributed by atoms with Crippen molar-refractivity contribution in [2.75, 3.05) is 13.7 Å². The molecule has 0 saturated heterocycles. The largest absolute Gasteiger partial charge is 0.466 e. The molecule has 1 unspecified atom stereocenters. The van der Waals surface area contributed by atoms with Gasteiger partial charge in [0.25, 0.3) is 5.91 Å². The van der Waals surface area contributed by atoms with Crippen LogP contribution in [0.2, 0.25) is 0 Å². The van der Waals surface area contributed by atoms with Crippen LogP contribution in [-0.4, -0.2) is 46.8 Å². The molecule has 140 valence electrons. The van der Waals surface area contributed by atoms with Crippen LogP contribution in [0.4, 0.5) is 0 Å². The van der Waals surface area contributed by atoms with Gasteiger partial charge in [-0.25, -0.2) is 9.78 Å². The van der Waals surface area contributed by atoms with Crippen LogP contribution >= 0.6 is 0 Å². The lowest BCUT2D eigenvalue weighted by atomic mass is 9.89. The van der Waals surface area contributed by atoms with Crippen LogP contribution in [0.3, 0.4) is 0 Å². The van der Waals surface area contributed by atoms with E-state index in [1.165, 1.54) is 19.5 Å². The molecule has 8 heteroatoms. The molecule has 0 fully saturated rings. The highest BCUT2D eigenvalue weighted by Gasteiger charge is 2.47. The van der Waals surface area contributed by atoms with Gasteiger partial charge in [0.1, 0.15) is 5.69 Å². The number of rotatable bonds is 6. The van der Waals surface area contributed by atoms with Gasteiger partial charge in [0.15, 0.2) is 0 Å². The fraction of sp³-hybridized carbons (Fsp3) is 0.316. The summed E-state index contributed by atoms with van der Waals surface area (Å²) in [5.41, 5.74) is 1.19. The van der Waals surface area contributed by atoms with Gasteiger partial charge in [-0.1, -0.05) is 35.5 Å². The summed E-state index contributed by atoms with van der Waals surface area (Å²) in [5.74, 6) is -0.871. The third-order valence-electron chi connectivity index (χ3n) is 4.20. The topological polar surface area (TPSA) is 103 Å². The molecule has 0 radical (unpaired) electrons. The first-order valence-corrected chi connectivity index (χ1v) is 8.45. The van der Waals surface area contributed by atoms with Gasteiger partial charge >= 0.3 is 5.97 Å². The number of esters is 1. The molecule has 1 aromatic heterocycles. The Labute approximate surface area is 156 Å². The molecule has 0 aliphatic carbocycles. The first-order valence-electron chi connectivity index (χ1n) is 8.45. The maximum absolute atomic E-state index is 12.4. The van der Waals surface area contributed by atoms with Crippen LogP contribution in [0, 0.1) is 6.92 Å². The number of oxime groups is 1. The molecule has 2 heterocycles. The predicted octanol–water partition coefficient (Wildman–Crippen LogP) is 1.45. The number of aryl methyl sites for hydroxylation is 1. The number of nitrogens with zero attached hydrogens (tertiary/aromatic N) is 3. The number of hydrogen-bond donors (Lipinski definition) is 1. The van der Waals surface area contributed by atoms with E-state index in [-0.39, 0.29) is 24.6 Å². The minimum atomic E-state index is -1.22. The Hall–Kier alpha value is -3.29. The molecule has 27 heavy (non-hydrogen) atoms. The average molecular weight is 368 g/mol. The maximum atomic E-state index is 12.4. The maximum Gasteiger partial charge on any atom is 0.353 e. The van der Waals surface area contributed by atoms with E-state index in [2.05, 4.69) is 20.4 Å². The van der Waals surface area contributed by atoms with Crippen LogP contribution in [0.5, 0.6) is 0 Å². The summed E-state index contributed by atoms with van der Waals surface area (Å²) in [6.45, 7) is 1.93. The van der Waals surface area contributed by atoms with E-state index < -0.39 is 11.6 Å². The number of amides is 1. The molecule has 1 aliphatic rings. The molecule has 1 aromatic carbocycles. The number of ether oxygens (including phenoxy) is 1. The van der Waals surface area contributed by atoms with Crippen molar-refractivity contribution in [1.29, 1.82) is 0 Å². The van der Waals surface area contributed by atoms with Crippen LogP contribution in [-0.2, 0) is 20.8 Å². The fourth-order valence-corrected chi connectivity index (χ4v) is 2.81. The molecule has 1 N–H and O–H groups in total. The molecule has 1 amide bonds. The Bertz CT molecular complexity index is 852. The van der Waals surface area contributed by atoms with E-state index >= 15 is 0 Å². The van der Waals surface area contributed by atoms with Gasteiger partial charge < -0.3 is 14.9 Å². The summed E-state index contributed by atoms with van der Waals surface area (Å²) >= 11 is 0. The van der Waals surface area contributed by atoms with Gasteiger partial charge in [-0.2, -0.15) is 0 Å². The third-order valence-corrected chi connectivity index (χ3v) is 4.20. The van der Waals surface area contributed by atoms with E-state index in [0.29, 0.717) is 12.1 Å². The second kappa shape index (κ2) is 7.94. The number of carbonyl (C=O) groups excluding carboxylic acids is 2. The van der Waals surface area contributed by atoms with Crippen molar-refractivity contribution >= 4 is 17.6 Å². The highest BCUT2D eigenvalue weighted by Crippen LogP contribution is 2.29. The zero-order valence-electron chi connectivity index (χ0n) is 15.1. The van der Waals surface area contributed by atoms with E-state index in [1.54, 1.807) is 6.92 Å². The van der Waals surface area contributed by atoms with Gasteiger partial charge in [-0.05, 0) is 12.5 Å². The number of hydrogen-bond acceptors (Lipinski definition) is 7. The van der Waals surface area contributed by atoms with Crippen LogP contribution in [0.25, 0.3) is 0 Å². The van der Waals surface area contributed by atoms with E-state index in [1.807, 2.05) is 30.3 Å². The van der Waals surface area contributed by atoms with Crippen molar-refractivity contribution in [3.05, 3.63) is 59.7 Å². The van der Waals surface area contributed by atoms with Gasteiger partial charge in [-0.15, -0.1) is 0 Å². The normalized spacial score (nSPS) is 18.4. The van der Waals surface area contributed by atoms with Crippen molar-refractivity contribution in [2.24, 2.45) is 5.16 Å². The van der Waals surface area contributed by atoms with E-state index in [9.17, 15) is 9.59 Å². The lowest BCUT2D eigenvalue weighted by molar-refractivity contribution is -0.166. The minimum absolute atomic E-state index is 0.141. The Morgan fingerprint density at radius 3 is 2.67 bits per heavy atom. The molecule has 8 nitrogen and oxygen atoms in total. The molecule has 1 atom stereocenters. The summed E-state index contributed by atoms with van der Waals surface area (Å²) in [6.07, 6.45) is 3.48. The zero-order chi connectivity index (χ0) is 19.3. The SMILES string of the molecule is COC(=O)C1(Cc2ccccc2)CC(CNC(=O)c2cnc(C)cn2)=NO1. The predicted molar refractivity (Wildman–Crippen MR) is 97.1 cm³/mol. The van der Waals surface area contributed by atoms with Crippen molar-refractivity contribution in [3.8, 4) is 0 Å². The van der Waals surface area contributed by atoms with Crippen molar-refractivity contribution in [2.45, 2.75) is 25.4 Å². The quantitative estimate of drug-likeness (QED) is 0.774. The van der Waals surface area contributed by atoms with E-state index in [4.69, 9.17) is 9.57 Å². The van der Waals surface area contributed by atoms with E-state index in [0.717, 1.165) is 11.3 Å². The Kier molecular flexibility index (Phi) is 5.44. The molecule has 1 aliphatic heterocycles. The number of aromatic nitrogens is 2. The molecule has 3 rings (SSSR count). The molecule has 0 spiro atoms. The second-order valence-corrected chi connectivity index (χ2v) is 6.30. The number of carbonyl (C=O) groups is 2. The van der Waals surface area contributed by atoms with Gasteiger partial charge in [0, 0.05) is 19.0 Å². The Morgan fingerprint density at radius 2 is 2.00 bits per heavy atom.